The Morgan fingerprint density at radius 3 is 2.38 bits per heavy atom. The lowest BCUT2D eigenvalue weighted by atomic mass is 9.88. The molecule has 1 saturated heterocycles. The van der Waals surface area contributed by atoms with Gasteiger partial charge in [0.05, 0.1) is 0 Å². The summed E-state index contributed by atoms with van der Waals surface area (Å²) in [5, 5.41) is 0. The Hall–Kier alpha value is -1.62. The zero-order valence-electron chi connectivity index (χ0n) is 14.3. The molecule has 1 aliphatic carbocycles. The molecule has 24 heavy (non-hydrogen) atoms. The summed E-state index contributed by atoms with van der Waals surface area (Å²) >= 11 is 0. The van der Waals surface area contributed by atoms with E-state index in [9.17, 15) is 9.18 Å². The molecule has 1 amide bonds. The van der Waals surface area contributed by atoms with Crippen LogP contribution in [0.2, 0.25) is 0 Å². The number of carbonyl (C=O) groups is 1. The lowest BCUT2D eigenvalue weighted by Gasteiger charge is -2.37. The Morgan fingerprint density at radius 1 is 1.04 bits per heavy atom. The van der Waals surface area contributed by atoms with E-state index < -0.39 is 0 Å². The number of piperazine rings is 1. The molecule has 1 saturated carbocycles. The first-order valence-electron chi connectivity index (χ1n) is 9.12. The Labute approximate surface area is 143 Å². The SMILES string of the molecule is O=C(C1CCCCC1)N1CCN(CCOc2ccc(F)cc2)CC1. The second-order valence-corrected chi connectivity index (χ2v) is 6.80. The van der Waals surface area contributed by atoms with E-state index in [1.54, 1.807) is 12.1 Å². The van der Waals surface area contributed by atoms with Gasteiger partial charge in [-0.15, -0.1) is 0 Å². The third-order valence-electron chi connectivity index (χ3n) is 5.13. The molecular formula is C19H27FN2O2. The fourth-order valence-corrected chi connectivity index (χ4v) is 3.62. The summed E-state index contributed by atoms with van der Waals surface area (Å²) in [7, 11) is 0. The number of carbonyl (C=O) groups excluding carboxylic acids is 1. The quantitative estimate of drug-likeness (QED) is 0.830. The third-order valence-corrected chi connectivity index (χ3v) is 5.13. The molecular weight excluding hydrogens is 307 g/mol. The third kappa shape index (κ3) is 4.69. The fourth-order valence-electron chi connectivity index (χ4n) is 3.62. The van der Waals surface area contributed by atoms with Crippen molar-refractivity contribution in [2.24, 2.45) is 5.92 Å². The van der Waals surface area contributed by atoms with E-state index in [0.29, 0.717) is 18.3 Å². The number of benzene rings is 1. The molecule has 1 aliphatic heterocycles. The van der Waals surface area contributed by atoms with Gasteiger partial charge < -0.3 is 9.64 Å². The van der Waals surface area contributed by atoms with Crippen LogP contribution in [0.4, 0.5) is 4.39 Å². The molecule has 1 aromatic carbocycles. The number of nitrogens with zero attached hydrogens (tertiary/aromatic N) is 2. The second-order valence-electron chi connectivity index (χ2n) is 6.80. The summed E-state index contributed by atoms with van der Waals surface area (Å²) in [6, 6.07) is 6.11. The number of ether oxygens (including phenoxy) is 1. The normalized spacial score (nSPS) is 20.1. The lowest BCUT2D eigenvalue weighted by Crippen LogP contribution is -2.51. The van der Waals surface area contributed by atoms with Gasteiger partial charge in [-0.3, -0.25) is 9.69 Å². The smallest absolute Gasteiger partial charge is 0.225 e. The lowest BCUT2D eigenvalue weighted by molar-refractivity contribution is -0.138. The van der Waals surface area contributed by atoms with Crippen molar-refractivity contribution in [3.05, 3.63) is 30.1 Å². The first kappa shape index (κ1) is 17.2. The molecule has 0 aromatic heterocycles. The Balaban J connectivity index is 1.35. The van der Waals surface area contributed by atoms with Gasteiger partial charge in [0, 0.05) is 38.6 Å². The van der Waals surface area contributed by atoms with Crippen molar-refractivity contribution >= 4 is 5.91 Å². The van der Waals surface area contributed by atoms with E-state index in [2.05, 4.69) is 4.90 Å². The van der Waals surface area contributed by atoms with Crippen molar-refractivity contribution in [2.45, 2.75) is 32.1 Å². The average molecular weight is 334 g/mol. The molecule has 2 fully saturated rings. The van der Waals surface area contributed by atoms with Crippen molar-refractivity contribution < 1.29 is 13.9 Å². The number of amides is 1. The van der Waals surface area contributed by atoms with E-state index in [1.807, 2.05) is 4.90 Å². The van der Waals surface area contributed by atoms with Crippen molar-refractivity contribution in [3.8, 4) is 5.75 Å². The summed E-state index contributed by atoms with van der Waals surface area (Å²) in [5.41, 5.74) is 0. The second kappa shape index (κ2) is 8.47. The van der Waals surface area contributed by atoms with Crippen LogP contribution in [0.15, 0.2) is 24.3 Å². The van der Waals surface area contributed by atoms with Crippen LogP contribution < -0.4 is 4.74 Å². The first-order valence-corrected chi connectivity index (χ1v) is 9.12. The highest BCUT2D eigenvalue weighted by atomic mass is 19.1. The molecule has 0 atom stereocenters. The van der Waals surface area contributed by atoms with Gasteiger partial charge in [0.25, 0.3) is 0 Å². The van der Waals surface area contributed by atoms with Crippen molar-refractivity contribution in [3.63, 3.8) is 0 Å². The van der Waals surface area contributed by atoms with Gasteiger partial charge in [0.2, 0.25) is 5.91 Å². The molecule has 4 nitrogen and oxygen atoms in total. The summed E-state index contributed by atoms with van der Waals surface area (Å²) in [4.78, 5) is 16.9. The number of rotatable bonds is 5. The monoisotopic (exact) mass is 334 g/mol. The highest BCUT2D eigenvalue weighted by molar-refractivity contribution is 5.79. The summed E-state index contributed by atoms with van der Waals surface area (Å²) in [6.07, 6.45) is 5.84. The molecule has 0 radical (unpaired) electrons. The Bertz CT molecular complexity index is 521. The van der Waals surface area contributed by atoms with Gasteiger partial charge >= 0.3 is 0 Å². The van der Waals surface area contributed by atoms with Gasteiger partial charge in [-0.2, -0.15) is 0 Å². The maximum absolute atomic E-state index is 12.8. The van der Waals surface area contributed by atoms with Crippen LogP contribution in [0.5, 0.6) is 5.75 Å². The van der Waals surface area contributed by atoms with Crippen molar-refractivity contribution in [1.82, 2.24) is 9.80 Å². The fraction of sp³-hybridized carbons (Fsp3) is 0.632. The van der Waals surface area contributed by atoms with Crippen LogP contribution >= 0.6 is 0 Å². The van der Waals surface area contributed by atoms with Gasteiger partial charge in [-0.25, -0.2) is 4.39 Å². The average Bonchev–Trinajstić information content (AvgIpc) is 2.64. The zero-order chi connectivity index (χ0) is 16.8. The maximum atomic E-state index is 12.8. The maximum Gasteiger partial charge on any atom is 0.225 e. The van der Waals surface area contributed by atoms with Gasteiger partial charge in [-0.05, 0) is 37.1 Å². The predicted molar refractivity (Wildman–Crippen MR) is 91.5 cm³/mol. The highest BCUT2D eigenvalue weighted by Gasteiger charge is 2.28. The molecule has 1 aromatic rings. The van der Waals surface area contributed by atoms with Gasteiger partial charge in [0.1, 0.15) is 18.2 Å². The molecule has 0 N–H and O–H groups in total. The molecule has 1 heterocycles. The molecule has 0 bridgehead atoms. The Morgan fingerprint density at radius 2 is 1.71 bits per heavy atom. The number of hydrogen-bond donors (Lipinski definition) is 0. The molecule has 0 spiro atoms. The van der Waals surface area contributed by atoms with E-state index in [-0.39, 0.29) is 11.7 Å². The number of hydrogen-bond acceptors (Lipinski definition) is 3. The molecule has 132 valence electrons. The van der Waals surface area contributed by atoms with Crippen LogP contribution in [0.3, 0.4) is 0 Å². The van der Waals surface area contributed by atoms with Crippen LogP contribution in [0, 0.1) is 11.7 Å². The molecule has 5 heteroatoms. The van der Waals surface area contributed by atoms with E-state index in [0.717, 1.165) is 45.6 Å². The zero-order valence-corrected chi connectivity index (χ0v) is 14.3. The minimum absolute atomic E-state index is 0.249. The van der Waals surface area contributed by atoms with Gasteiger partial charge in [0.15, 0.2) is 0 Å². The topological polar surface area (TPSA) is 32.8 Å². The first-order chi connectivity index (χ1) is 11.7. The molecule has 3 rings (SSSR count). The number of halogens is 1. The minimum Gasteiger partial charge on any atom is -0.492 e. The van der Waals surface area contributed by atoms with Crippen molar-refractivity contribution in [2.75, 3.05) is 39.3 Å². The van der Waals surface area contributed by atoms with Crippen LogP contribution in [-0.2, 0) is 4.79 Å². The molecule has 2 aliphatic rings. The molecule has 0 unspecified atom stereocenters. The summed E-state index contributed by atoms with van der Waals surface area (Å²) in [6.45, 7) is 4.89. The standard InChI is InChI=1S/C19H27FN2O2/c20-17-6-8-18(9-7-17)24-15-14-21-10-12-22(13-11-21)19(23)16-4-2-1-3-5-16/h6-9,16H,1-5,10-15H2. The minimum atomic E-state index is -0.249. The van der Waals surface area contributed by atoms with Crippen LogP contribution in [0.1, 0.15) is 32.1 Å². The predicted octanol–water partition coefficient (Wildman–Crippen LogP) is 2.93. The van der Waals surface area contributed by atoms with E-state index in [1.165, 1.54) is 31.4 Å². The van der Waals surface area contributed by atoms with Gasteiger partial charge in [-0.1, -0.05) is 19.3 Å². The highest BCUT2D eigenvalue weighted by Crippen LogP contribution is 2.25. The Kier molecular flexibility index (Phi) is 6.07. The summed E-state index contributed by atoms with van der Waals surface area (Å²) < 4.78 is 18.5. The summed E-state index contributed by atoms with van der Waals surface area (Å²) in [5.74, 6) is 1.09. The van der Waals surface area contributed by atoms with E-state index >= 15 is 0 Å². The van der Waals surface area contributed by atoms with E-state index in [4.69, 9.17) is 4.74 Å². The van der Waals surface area contributed by atoms with Crippen molar-refractivity contribution in [1.29, 1.82) is 0 Å². The largest absolute Gasteiger partial charge is 0.492 e. The van der Waals surface area contributed by atoms with Crippen LogP contribution in [-0.4, -0.2) is 55.0 Å². The van der Waals surface area contributed by atoms with Crippen LogP contribution in [0.25, 0.3) is 0 Å².